The molecule has 0 saturated carbocycles. The van der Waals surface area contributed by atoms with Gasteiger partial charge >= 0.3 is 5.97 Å². The Hall–Kier alpha value is -0.530. The van der Waals surface area contributed by atoms with Crippen molar-refractivity contribution in [2.75, 3.05) is 6.61 Å². The van der Waals surface area contributed by atoms with Crippen LogP contribution in [-0.4, -0.2) is 12.6 Å². The van der Waals surface area contributed by atoms with Gasteiger partial charge in [-0.2, -0.15) is 0 Å². The summed E-state index contributed by atoms with van der Waals surface area (Å²) in [6.07, 6.45) is 8.04. The van der Waals surface area contributed by atoms with Gasteiger partial charge in [0.15, 0.2) is 0 Å². The number of esters is 1. The molecule has 0 bridgehead atoms. The highest BCUT2D eigenvalue weighted by molar-refractivity contribution is 5.68. The number of hydrogen-bond acceptors (Lipinski definition) is 2. The largest absolute Gasteiger partial charge is 0.465 e. The van der Waals surface area contributed by atoms with E-state index < -0.39 is 0 Å². The zero-order valence-corrected chi connectivity index (χ0v) is 12.1. The molecular weight excluding hydrogens is 212 g/mol. The van der Waals surface area contributed by atoms with Crippen molar-refractivity contribution in [3.63, 3.8) is 0 Å². The first-order chi connectivity index (χ1) is 8.15. The molecule has 0 rings (SSSR count). The highest BCUT2D eigenvalue weighted by Crippen LogP contribution is 2.22. The number of rotatable bonds is 10. The molecular formula is C15H30O2. The molecule has 0 saturated heterocycles. The lowest BCUT2D eigenvalue weighted by atomic mass is 9.88. The summed E-state index contributed by atoms with van der Waals surface area (Å²) in [5.41, 5.74) is 0. The minimum Gasteiger partial charge on any atom is -0.465 e. The molecule has 2 nitrogen and oxygen atoms in total. The van der Waals surface area contributed by atoms with Crippen molar-refractivity contribution in [3.8, 4) is 0 Å². The fourth-order valence-corrected chi connectivity index (χ4v) is 2.00. The standard InChI is InChI=1S/C15H30O2/c1-5-8-9-10-11-14(13(4)6-2)12-17-15(16)7-3/h13-14H,5-12H2,1-4H3. The summed E-state index contributed by atoms with van der Waals surface area (Å²) < 4.78 is 5.29. The van der Waals surface area contributed by atoms with Gasteiger partial charge in [-0.15, -0.1) is 0 Å². The average molecular weight is 242 g/mol. The zero-order chi connectivity index (χ0) is 13.1. The molecule has 0 aliphatic heterocycles. The Morgan fingerprint density at radius 2 is 1.82 bits per heavy atom. The maximum Gasteiger partial charge on any atom is 0.305 e. The van der Waals surface area contributed by atoms with E-state index >= 15 is 0 Å². The van der Waals surface area contributed by atoms with Crippen molar-refractivity contribution in [1.82, 2.24) is 0 Å². The Bertz CT molecular complexity index is 189. The van der Waals surface area contributed by atoms with Crippen LogP contribution in [0.15, 0.2) is 0 Å². The van der Waals surface area contributed by atoms with Gasteiger partial charge in [-0.05, 0) is 18.3 Å². The zero-order valence-electron chi connectivity index (χ0n) is 12.1. The van der Waals surface area contributed by atoms with Crippen LogP contribution in [0.4, 0.5) is 0 Å². The molecule has 0 amide bonds. The van der Waals surface area contributed by atoms with Crippen molar-refractivity contribution in [1.29, 1.82) is 0 Å². The van der Waals surface area contributed by atoms with Crippen LogP contribution in [-0.2, 0) is 9.53 Å². The Morgan fingerprint density at radius 1 is 1.12 bits per heavy atom. The van der Waals surface area contributed by atoms with Gasteiger partial charge in [-0.25, -0.2) is 0 Å². The Morgan fingerprint density at radius 3 is 2.35 bits per heavy atom. The molecule has 0 aromatic carbocycles. The summed E-state index contributed by atoms with van der Waals surface area (Å²) in [7, 11) is 0. The average Bonchev–Trinajstić information content (AvgIpc) is 2.36. The third-order valence-corrected chi connectivity index (χ3v) is 3.62. The fourth-order valence-electron chi connectivity index (χ4n) is 2.00. The second kappa shape index (κ2) is 10.6. The molecule has 0 fully saturated rings. The van der Waals surface area contributed by atoms with Gasteiger partial charge in [0.05, 0.1) is 6.61 Å². The van der Waals surface area contributed by atoms with E-state index in [1.54, 1.807) is 0 Å². The van der Waals surface area contributed by atoms with Crippen LogP contribution in [0.3, 0.4) is 0 Å². The van der Waals surface area contributed by atoms with Crippen LogP contribution in [0.1, 0.15) is 72.6 Å². The Balaban J connectivity index is 3.92. The summed E-state index contributed by atoms with van der Waals surface area (Å²) in [5, 5.41) is 0. The second-order valence-corrected chi connectivity index (χ2v) is 5.03. The molecule has 2 heteroatoms. The Kier molecular flexibility index (Phi) is 10.3. The maximum absolute atomic E-state index is 11.2. The van der Waals surface area contributed by atoms with Crippen LogP contribution >= 0.6 is 0 Å². The predicted octanol–water partition coefficient (Wildman–Crippen LogP) is 4.57. The van der Waals surface area contributed by atoms with Gasteiger partial charge in [0.1, 0.15) is 0 Å². The van der Waals surface area contributed by atoms with Gasteiger partial charge in [0.2, 0.25) is 0 Å². The molecule has 2 unspecified atom stereocenters. The lowest BCUT2D eigenvalue weighted by Crippen LogP contribution is -2.20. The minimum absolute atomic E-state index is 0.0631. The second-order valence-electron chi connectivity index (χ2n) is 5.03. The van der Waals surface area contributed by atoms with E-state index in [2.05, 4.69) is 20.8 Å². The lowest BCUT2D eigenvalue weighted by Gasteiger charge is -2.22. The highest BCUT2D eigenvalue weighted by atomic mass is 16.5. The van der Waals surface area contributed by atoms with Crippen LogP contribution in [0, 0.1) is 11.8 Å². The summed E-state index contributed by atoms with van der Waals surface area (Å²) in [6.45, 7) is 9.18. The van der Waals surface area contributed by atoms with Gasteiger partial charge in [0, 0.05) is 6.42 Å². The van der Waals surface area contributed by atoms with E-state index in [9.17, 15) is 4.79 Å². The molecule has 0 N–H and O–H groups in total. The van der Waals surface area contributed by atoms with E-state index in [1.807, 2.05) is 6.92 Å². The van der Waals surface area contributed by atoms with E-state index in [0.717, 1.165) is 0 Å². The molecule has 0 radical (unpaired) electrons. The van der Waals surface area contributed by atoms with Gasteiger partial charge < -0.3 is 4.74 Å². The van der Waals surface area contributed by atoms with Crippen LogP contribution in [0.2, 0.25) is 0 Å². The molecule has 0 aliphatic rings. The first-order valence-corrected chi connectivity index (χ1v) is 7.31. The van der Waals surface area contributed by atoms with E-state index in [1.165, 1.54) is 38.5 Å². The molecule has 2 atom stereocenters. The van der Waals surface area contributed by atoms with Gasteiger partial charge in [-0.3, -0.25) is 4.79 Å². The third-order valence-electron chi connectivity index (χ3n) is 3.62. The highest BCUT2D eigenvalue weighted by Gasteiger charge is 2.17. The predicted molar refractivity (Wildman–Crippen MR) is 73.0 cm³/mol. The monoisotopic (exact) mass is 242 g/mol. The summed E-state index contributed by atoms with van der Waals surface area (Å²) in [4.78, 5) is 11.2. The van der Waals surface area contributed by atoms with E-state index in [4.69, 9.17) is 4.74 Å². The van der Waals surface area contributed by atoms with Crippen LogP contribution in [0.25, 0.3) is 0 Å². The first-order valence-electron chi connectivity index (χ1n) is 7.31. The maximum atomic E-state index is 11.2. The number of unbranched alkanes of at least 4 members (excludes halogenated alkanes) is 3. The quantitative estimate of drug-likeness (QED) is 0.414. The van der Waals surface area contributed by atoms with Gasteiger partial charge in [0.25, 0.3) is 0 Å². The first kappa shape index (κ1) is 16.5. The lowest BCUT2D eigenvalue weighted by molar-refractivity contribution is -0.145. The van der Waals surface area contributed by atoms with Crippen LogP contribution in [0.5, 0.6) is 0 Å². The summed E-state index contributed by atoms with van der Waals surface area (Å²) in [5.74, 6) is 1.14. The molecule has 0 aliphatic carbocycles. The third kappa shape index (κ3) is 8.23. The van der Waals surface area contributed by atoms with Crippen molar-refractivity contribution in [3.05, 3.63) is 0 Å². The number of ether oxygens (including phenoxy) is 1. The fraction of sp³-hybridized carbons (Fsp3) is 0.933. The molecule has 17 heavy (non-hydrogen) atoms. The summed E-state index contributed by atoms with van der Waals surface area (Å²) >= 11 is 0. The molecule has 0 aromatic heterocycles. The van der Waals surface area contributed by atoms with E-state index in [-0.39, 0.29) is 5.97 Å². The number of carbonyl (C=O) groups is 1. The Labute approximate surface area is 107 Å². The van der Waals surface area contributed by atoms with E-state index in [0.29, 0.717) is 24.9 Å². The topological polar surface area (TPSA) is 26.3 Å². The van der Waals surface area contributed by atoms with Crippen molar-refractivity contribution in [2.24, 2.45) is 11.8 Å². The summed E-state index contributed by atoms with van der Waals surface area (Å²) in [6, 6.07) is 0. The van der Waals surface area contributed by atoms with Crippen molar-refractivity contribution in [2.45, 2.75) is 72.6 Å². The number of carbonyl (C=O) groups excluding carboxylic acids is 1. The minimum atomic E-state index is -0.0631. The van der Waals surface area contributed by atoms with Gasteiger partial charge in [-0.1, -0.05) is 59.8 Å². The normalized spacial score (nSPS) is 14.4. The SMILES string of the molecule is CCCCCCC(COC(=O)CC)C(C)CC. The smallest absolute Gasteiger partial charge is 0.305 e. The van der Waals surface area contributed by atoms with Crippen molar-refractivity contribution < 1.29 is 9.53 Å². The molecule has 102 valence electrons. The molecule has 0 aromatic rings. The molecule has 0 heterocycles. The number of hydrogen-bond donors (Lipinski definition) is 0. The van der Waals surface area contributed by atoms with Crippen molar-refractivity contribution >= 4 is 5.97 Å². The molecule has 0 spiro atoms. The van der Waals surface area contributed by atoms with Crippen LogP contribution < -0.4 is 0 Å².